The van der Waals surface area contributed by atoms with Crippen molar-refractivity contribution in [2.24, 2.45) is 0 Å². The maximum atomic E-state index is 5.25. The fourth-order valence-corrected chi connectivity index (χ4v) is 8.87. The Morgan fingerprint density at radius 1 is 0.362 bits per heavy atom. The van der Waals surface area contributed by atoms with E-state index in [9.17, 15) is 0 Å². The predicted molar refractivity (Wildman–Crippen MR) is 240 cm³/mol. The summed E-state index contributed by atoms with van der Waals surface area (Å²) in [5, 5.41) is 3.21. The summed E-state index contributed by atoms with van der Waals surface area (Å²) in [6.07, 6.45) is 0. The highest BCUT2D eigenvalue weighted by atomic mass is 32.1. The molecule has 0 fully saturated rings. The number of rotatable bonds is 7. The molecule has 58 heavy (non-hydrogen) atoms. The van der Waals surface area contributed by atoms with Crippen LogP contribution in [0.3, 0.4) is 0 Å². The molecule has 0 unspecified atom stereocenters. The number of aromatic nitrogens is 5. The number of hydrogen-bond donors (Lipinski definition) is 0. The van der Waals surface area contributed by atoms with Crippen LogP contribution in [0.1, 0.15) is 0 Å². The quantitative estimate of drug-likeness (QED) is 0.162. The second kappa shape index (κ2) is 14.2. The Morgan fingerprint density at radius 2 is 0.914 bits per heavy atom. The molecule has 0 spiro atoms. The van der Waals surface area contributed by atoms with Crippen LogP contribution in [0.4, 0.5) is 0 Å². The molecule has 3 aromatic heterocycles. The zero-order valence-corrected chi connectivity index (χ0v) is 32.0. The topological polar surface area (TPSA) is 56.5 Å². The minimum atomic E-state index is 0.599. The molecule has 5 nitrogen and oxygen atoms in total. The SMILES string of the molecule is c1ccc(-c2cc(-c3ccccc3)cc(-c3nc4cc(-c5nc(-c6ccccc6)nc(-c6cccc7c6c6ccccc6n7-c6ccccc6)n5)ccc4s3)c2)cc1. The molecule has 0 aliphatic heterocycles. The van der Waals surface area contributed by atoms with Crippen LogP contribution in [0.2, 0.25) is 0 Å². The molecule has 11 rings (SSSR count). The van der Waals surface area contributed by atoms with E-state index < -0.39 is 0 Å². The lowest BCUT2D eigenvalue weighted by Crippen LogP contribution is -2.00. The summed E-state index contributed by atoms with van der Waals surface area (Å²) in [6.45, 7) is 0. The first-order valence-electron chi connectivity index (χ1n) is 19.3. The van der Waals surface area contributed by atoms with E-state index in [1.807, 2.05) is 30.3 Å². The average Bonchev–Trinajstić information content (AvgIpc) is 3.89. The smallest absolute Gasteiger partial charge is 0.164 e. The monoisotopic (exact) mass is 759 g/mol. The van der Waals surface area contributed by atoms with Gasteiger partial charge in [0.15, 0.2) is 17.5 Å². The third kappa shape index (κ3) is 6.04. The van der Waals surface area contributed by atoms with Crippen molar-refractivity contribution in [2.75, 3.05) is 0 Å². The Balaban J connectivity index is 1.07. The molecule has 272 valence electrons. The number of fused-ring (bicyclic) bond motifs is 4. The van der Waals surface area contributed by atoms with Gasteiger partial charge >= 0.3 is 0 Å². The number of hydrogen-bond acceptors (Lipinski definition) is 5. The van der Waals surface area contributed by atoms with Gasteiger partial charge in [-0.3, -0.25) is 0 Å². The number of benzene rings is 8. The molecular formula is C52H33N5S. The average molecular weight is 760 g/mol. The summed E-state index contributed by atoms with van der Waals surface area (Å²) < 4.78 is 3.42. The fraction of sp³-hybridized carbons (Fsp3) is 0. The molecule has 0 aliphatic rings. The first-order chi connectivity index (χ1) is 28.7. The highest BCUT2D eigenvalue weighted by Crippen LogP contribution is 2.40. The van der Waals surface area contributed by atoms with Crippen LogP contribution in [0.25, 0.3) is 105 Å². The Morgan fingerprint density at radius 3 is 1.60 bits per heavy atom. The molecule has 6 heteroatoms. The van der Waals surface area contributed by atoms with E-state index in [4.69, 9.17) is 19.9 Å². The van der Waals surface area contributed by atoms with Crippen molar-refractivity contribution in [3.63, 3.8) is 0 Å². The summed E-state index contributed by atoms with van der Waals surface area (Å²) >= 11 is 1.70. The molecule has 0 bridgehead atoms. The van der Waals surface area contributed by atoms with E-state index in [0.29, 0.717) is 17.5 Å². The van der Waals surface area contributed by atoms with Crippen LogP contribution < -0.4 is 0 Å². The Hall–Kier alpha value is -7.54. The van der Waals surface area contributed by atoms with E-state index in [-0.39, 0.29) is 0 Å². The molecule has 0 saturated heterocycles. The summed E-state index contributed by atoms with van der Waals surface area (Å²) in [4.78, 5) is 20.8. The first kappa shape index (κ1) is 33.8. The molecule has 8 aromatic carbocycles. The van der Waals surface area contributed by atoms with Gasteiger partial charge in [-0.15, -0.1) is 11.3 Å². The number of thiazole rings is 1. The van der Waals surface area contributed by atoms with Gasteiger partial charge in [-0.2, -0.15) is 0 Å². The van der Waals surface area contributed by atoms with Crippen LogP contribution >= 0.6 is 11.3 Å². The maximum Gasteiger partial charge on any atom is 0.164 e. The zero-order chi connectivity index (χ0) is 38.4. The van der Waals surface area contributed by atoms with Crippen LogP contribution in [0, 0.1) is 0 Å². The van der Waals surface area contributed by atoms with Crippen molar-refractivity contribution in [2.45, 2.75) is 0 Å². The first-order valence-corrected chi connectivity index (χ1v) is 20.1. The fourth-order valence-electron chi connectivity index (χ4n) is 7.94. The molecular weight excluding hydrogens is 727 g/mol. The lowest BCUT2D eigenvalue weighted by molar-refractivity contribution is 1.08. The van der Waals surface area contributed by atoms with E-state index in [2.05, 4.69) is 174 Å². The van der Waals surface area contributed by atoms with Gasteiger partial charge in [0.1, 0.15) is 5.01 Å². The van der Waals surface area contributed by atoms with Crippen LogP contribution in [0.15, 0.2) is 200 Å². The van der Waals surface area contributed by atoms with Crippen molar-refractivity contribution in [3.05, 3.63) is 200 Å². The van der Waals surface area contributed by atoms with Gasteiger partial charge in [0, 0.05) is 38.7 Å². The molecule has 0 atom stereocenters. The molecule has 3 heterocycles. The van der Waals surface area contributed by atoms with Crippen molar-refractivity contribution in [3.8, 4) is 72.7 Å². The molecule has 0 aliphatic carbocycles. The van der Waals surface area contributed by atoms with Gasteiger partial charge in [0.05, 0.1) is 21.3 Å². The molecule has 0 N–H and O–H groups in total. The summed E-state index contributed by atoms with van der Waals surface area (Å²) in [5.74, 6) is 1.84. The predicted octanol–water partition coefficient (Wildman–Crippen LogP) is 13.6. The van der Waals surface area contributed by atoms with E-state index in [1.165, 1.54) is 11.1 Å². The highest BCUT2D eigenvalue weighted by Gasteiger charge is 2.20. The van der Waals surface area contributed by atoms with Crippen LogP contribution in [-0.2, 0) is 0 Å². The van der Waals surface area contributed by atoms with E-state index in [1.54, 1.807) is 11.3 Å². The van der Waals surface area contributed by atoms with Crippen molar-refractivity contribution in [1.82, 2.24) is 24.5 Å². The van der Waals surface area contributed by atoms with Crippen molar-refractivity contribution in [1.29, 1.82) is 0 Å². The van der Waals surface area contributed by atoms with E-state index in [0.717, 1.165) is 76.1 Å². The zero-order valence-electron chi connectivity index (χ0n) is 31.2. The normalized spacial score (nSPS) is 11.4. The maximum absolute atomic E-state index is 5.25. The largest absolute Gasteiger partial charge is 0.309 e. The standard InChI is InChI=1S/C52H33N5S/c1-5-16-34(17-6-1)38-30-39(35-18-7-2-8-19-35)32-40(31-38)52-53-44-33-37(28-29-47(44)58-52)50-54-49(36-20-9-3-10-21-36)55-51(56-50)43-25-15-27-46-48(43)42-24-13-14-26-45(42)57(46)41-22-11-4-12-23-41/h1-33H. The molecule has 0 amide bonds. The minimum absolute atomic E-state index is 0.599. The summed E-state index contributed by atoms with van der Waals surface area (Å²) in [7, 11) is 0. The third-order valence-electron chi connectivity index (χ3n) is 10.7. The second-order valence-electron chi connectivity index (χ2n) is 14.3. The Bertz CT molecular complexity index is 3210. The lowest BCUT2D eigenvalue weighted by atomic mass is 9.96. The van der Waals surface area contributed by atoms with Gasteiger partial charge in [0.25, 0.3) is 0 Å². The van der Waals surface area contributed by atoms with Gasteiger partial charge in [-0.05, 0) is 82.9 Å². The van der Waals surface area contributed by atoms with Gasteiger partial charge < -0.3 is 4.57 Å². The third-order valence-corrected chi connectivity index (χ3v) is 11.7. The van der Waals surface area contributed by atoms with Crippen LogP contribution in [-0.4, -0.2) is 24.5 Å². The second-order valence-corrected chi connectivity index (χ2v) is 15.3. The molecule has 0 radical (unpaired) electrons. The number of nitrogens with zero attached hydrogens (tertiary/aromatic N) is 5. The van der Waals surface area contributed by atoms with Crippen molar-refractivity contribution >= 4 is 43.4 Å². The Kier molecular flexibility index (Phi) is 8.26. The van der Waals surface area contributed by atoms with E-state index >= 15 is 0 Å². The van der Waals surface area contributed by atoms with Gasteiger partial charge in [-0.1, -0.05) is 140 Å². The van der Waals surface area contributed by atoms with Crippen molar-refractivity contribution < 1.29 is 0 Å². The highest BCUT2D eigenvalue weighted by molar-refractivity contribution is 7.21. The summed E-state index contributed by atoms with van der Waals surface area (Å²) in [5.41, 5.74) is 12.7. The van der Waals surface area contributed by atoms with Gasteiger partial charge in [-0.25, -0.2) is 19.9 Å². The molecule has 0 saturated carbocycles. The molecule has 11 aromatic rings. The Labute approximate surface area is 339 Å². The van der Waals surface area contributed by atoms with Gasteiger partial charge in [0.2, 0.25) is 0 Å². The lowest BCUT2D eigenvalue weighted by Gasteiger charge is -2.10. The minimum Gasteiger partial charge on any atom is -0.309 e. The summed E-state index contributed by atoms with van der Waals surface area (Å²) in [6, 6.07) is 69.8. The van der Waals surface area contributed by atoms with Crippen LogP contribution in [0.5, 0.6) is 0 Å². The number of para-hydroxylation sites is 2.